The van der Waals surface area contributed by atoms with Crippen molar-refractivity contribution in [3.63, 3.8) is 0 Å². The largest absolute Gasteiger partial charge is 0.465 e. The van der Waals surface area contributed by atoms with E-state index in [1.807, 2.05) is 31.2 Å². The molecule has 4 rings (SSSR count). The number of methoxy groups -OCH3 is 1. The van der Waals surface area contributed by atoms with Gasteiger partial charge in [0.15, 0.2) is 5.82 Å². The molecular formula is C20H15N3O3S. The second-order valence-corrected chi connectivity index (χ2v) is 7.05. The highest BCUT2D eigenvalue weighted by Crippen LogP contribution is 2.19. The smallest absolute Gasteiger partial charge is 0.337 e. The fraction of sp³-hybridized carbons (Fsp3) is 0.100. The molecule has 0 N–H and O–H groups in total. The van der Waals surface area contributed by atoms with E-state index in [9.17, 15) is 9.59 Å². The van der Waals surface area contributed by atoms with Crippen molar-refractivity contribution in [1.82, 2.24) is 14.6 Å². The second kappa shape index (κ2) is 6.77. The first-order valence-electron chi connectivity index (χ1n) is 8.22. The summed E-state index contributed by atoms with van der Waals surface area (Å²) < 4.78 is 6.78. The average Bonchev–Trinajstić information content (AvgIpc) is 3.22. The first-order chi connectivity index (χ1) is 13.1. The third-order valence-corrected chi connectivity index (χ3v) is 5.11. The Hall–Kier alpha value is -3.32. The molecule has 2 aromatic heterocycles. The van der Waals surface area contributed by atoms with E-state index in [-0.39, 0.29) is 5.56 Å². The zero-order chi connectivity index (χ0) is 19.0. The van der Waals surface area contributed by atoms with Gasteiger partial charge in [-0.2, -0.15) is 0 Å². The number of benzene rings is 2. The Labute approximate surface area is 158 Å². The Morgan fingerprint density at radius 2 is 1.93 bits per heavy atom. The lowest BCUT2D eigenvalue weighted by atomic mass is 10.1. The van der Waals surface area contributed by atoms with Gasteiger partial charge in [-0.25, -0.2) is 9.20 Å². The van der Waals surface area contributed by atoms with Crippen molar-refractivity contribution in [2.75, 3.05) is 7.11 Å². The van der Waals surface area contributed by atoms with Crippen molar-refractivity contribution >= 4 is 28.3 Å². The summed E-state index contributed by atoms with van der Waals surface area (Å²) in [5.41, 5.74) is 3.06. The summed E-state index contributed by atoms with van der Waals surface area (Å²) in [5.74, 6) is 0.144. The number of nitrogens with zero attached hydrogens (tertiary/aromatic N) is 3. The van der Waals surface area contributed by atoms with Gasteiger partial charge in [0.25, 0.3) is 5.56 Å². The van der Waals surface area contributed by atoms with E-state index in [1.165, 1.54) is 22.8 Å². The standard InChI is InChI=1S/C20H15N3O3S/c1-12-4-3-5-15(10-12)17-21-22-20-23(17)18(24)16(27-20)11-13-6-8-14(9-7-13)19(25)26-2/h3-11H,1-2H3. The molecule has 6 nitrogen and oxygen atoms in total. The first-order valence-corrected chi connectivity index (χ1v) is 9.03. The molecule has 0 saturated carbocycles. The quantitative estimate of drug-likeness (QED) is 0.513. The monoisotopic (exact) mass is 377 g/mol. The number of carbonyl (C=O) groups excluding carboxylic acids is 1. The van der Waals surface area contributed by atoms with Crippen LogP contribution in [-0.2, 0) is 4.74 Å². The summed E-state index contributed by atoms with van der Waals surface area (Å²) in [5, 5.41) is 8.32. The summed E-state index contributed by atoms with van der Waals surface area (Å²) in [4.78, 5) is 24.9. The number of hydrogen-bond donors (Lipinski definition) is 0. The minimum atomic E-state index is -0.394. The number of aryl methyl sites for hydroxylation is 1. The Kier molecular flexibility index (Phi) is 4.29. The van der Waals surface area contributed by atoms with E-state index >= 15 is 0 Å². The van der Waals surface area contributed by atoms with Crippen molar-refractivity contribution in [2.45, 2.75) is 6.92 Å². The molecule has 4 aromatic rings. The first kappa shape index (κ1) is 17.1. The molecule has 0 aliphatic rings. The van der Waals surface area contributed by atoms with Crippen molar-refractivity contribution in [1.29, 1.82) is 0 Å². The summed E-state index contributed by atoms with van der Waals surface area (Å²) in [6.07, 6.45) is 1.78. The van der Waals surface area contributed by atoms with Crippen LogP contribution >= 0.6 is 11.3 Å². The lowest BCUT2D eigenvalue weighted by molar-refractivity contribution is 0.0600. The highest BCUT2D eigenvalue weighted by molar-refractivity contribution is 7.15. The Bertz CT molecular complexity index is 1260. The molecule has 0 aliphatic carbocycles. The van der Waals surface area contributed by atoms with Crippen LogP contribution < -0.4 is 10.1 Å². The molecule has 7 heteroatoms. The van der Waals surface area contributed by atoms with Gasteiger partial charge >= 0.3 is 5.97 Å². The normalized spacial score (nSPS) is 11.9. The minimum absolute atomic E-state index is 0.159. The van der Waals surface area contributed by atoms with Crippen LogP contribution in [0.15, 0.2) is 53.3 Å². The SMILES string of the molecule is COC(=O)c1ccc(C=c2sc3nnc(-c4cccc(C)c4)n3c2=O)cc1. The number of rotatable bonds is 3. The van der Waals surface area contributed by atoms with E-state index in [1.54, 1.807) is 30.3 Å². The van der Waals surface area contributed by atoms with Crippen LogP contribution in [0.5, 0.6) is 0 Å². The van der Waals surface area contributed by atoms with Crippen LogP contribution in [0.1, 0.15) is 21.5 Å². The van der Waals surface area contributed by atoms with Gasteiger partial charge in [0, 0.05) is 5.56 Å². The molecule has 0 atom stereocenters. The number of hydrogen-bond acceptors (Lipinski definition) is 6. The fourth-order valence-corrected chi connectivity index (χ4v) is 3.73. The Morgan fingerprint density at radius 3 is 2.63 bits per heavy atom. The lowest BCUT2D eigenvalue weighted by Gasteiger charge is -1.99. The van der Waals surface area contributed by atoms with Gasteiger partial charge in [0.05, 0.1) is 17.2 Å². The number of thiazole rings is 1. The molecule has 0 aliphatic heterocycles. The van der Waals surface area contributed by atoms with Crippen molar-refractivity contribution < 1.29 is 9.53 Å². The van der Waals surface area contributed by atoms with Gasteiger partial charge in [0.1, 0.15) is 0 Å². The molecule has 2 aromatic carbocycles. The predicted octanol–water partition coefficient (Wildman–Crippen LogP) is 2.46. The molecule has 0 fully saturated rings. The molecule has 2 heterocycles. The second-order valence-electron chi connectivity index (χ2n) is 6.04. The molecule has 0 bridgehead atoms. The summed E-state index contributed by atoms with van der Waals surface area (Å²) in [6.45, 7) is 1.99. The van der Waals surface area contributed by atoms with Crippen LogP contribution in [0, 0.1) is 6.92 Å². The Morgan fingerprint density at radius 1 is 1.15 bits per heavy atom. The Balaban J connectivity index is 1.80. The van der Waals surface area contributed by atoms with Crippen LogP contribution in [-0.4, -0.2) is 27.7 Å². The van der Waals surface area contributed by atoms with E-state index in [2.05, 4.69) is 10.2 Å². The third-order valence-electron chi connectivity index (χ3n) is 4.15. The average molecular weight is 377 g/mol. The van der Waals surface area contributed by atoms with Gasteiger partial charge < -0.3 is 4.74 Å². The lowest BCUT2D eigenvalue weighted by Crippen LogP contribution is -2.23. The van der Waals surface area contributed by atoms with E-state index in [0.29, 0.717) is 20.9 Å². The van der Waals surface area contributed by atoms with Crippen molar-refractivity contribution in [2.24, 2.45) is 0 Å². The van der Waals surface area contributed by atoms with Crippen molar-refractivity contribution in [3.05, 3.63) is 80.1 Å². The summed E-state index contributed by atoms with van der Waals surface area (Å²) >= 11 is 1.28. The molecule has 134 valence electrons. The van der Waals surface area contributed by atoms with Crippen molar-refractivity contribution in [3.8, 4) is 11.4 Å². The molecule has 27 heavy (non-hydrogen) atoms. The van der Waals surface area contributed by atoms with E-state index in [4.69, 9.17) is 4.74 Å². The van der Waals surface area contributed by atoms with Gasteiger partial charge in [-0.15, -0.1) is 10.2 Å². The highest BCUT2D eigenvalue weighted by Gasteiger charge is 2.14. The fourth-order valence-electron chi connectivity index (χ4n) is 2.82. The van der Waals surface area contributed by atoms with Crippen LogP contribution in [0.2, 0.25) is 0 Å². The molecule has 0 spiro atoms. The van der Waals surface area contributed by atoms with Crippen LogP contribution in [0.4, 0.5) is 0 Å². The minimum Gasteiger partial charge on any atom is -0.465 e. The van der Waals surface area contributed by atoms with Gasteiger partial charge in [-0.05, 0) is 36.8 Å². The molecule has 0 saturated heterocycles. The maximum absolute atomic E-state index is 12.9. The number of carbonyl (C=O) groups is 1. The number of ether oxygens (including phenoxy) is 1. The zero-order valence-corrected chi connectivity index (χ0v) is 15.5. The number of fused-ring (bicyclic) bond motifs is 1. The van der Waals surface area contributed by atoms with Crippen LogP contribution in [0.25, 0.3) is 22.4 Å². The molecular weight excluding hydrogens is 362 g/mol. The van der Waals surface area contributed by atoms with E-state index in [0.717, 1.165) is 16.7 Å². The molecule has 0 amide bonds. The maximum atomic E-state index is 12.9. The molecule has 0 unspecified atom stereocenters. The van der Waals surface area contributed by atoms with Gasteiger partial charge in [-0.3, -0.25) is 4.79 Å². The molecule has 0 radical (unpaired) electrons. The third kappa shape index (κ3) is 3.13. The topological polar surface area (TPSA) is 73.6 Å². The van der Waals surface area contributed by atoms with Gasteiger partial charge in [-0.1, -0.05) is 47.2 Å². The van der Waals surface area contributed by atoms with E-state index < -0.39 is 5.97 Å². The summed E-state index contributed by atoms with van der Waals surface area (Å²) in [7, 11) is 1.34. The maximum Gasteiger partial charge on any atom is 0.337 e. The number of esters is 1. The highest BCUT2D eigenvalue weighted by atomic mass is 32.1. The summed E-state index contributed by atoms with van der Waals surface area (Å²) in [6, 6.07) is 14.7. The van der Waals surface area contributed by atoms with Crippen LogP contribution in [0.3, 0.4) is 0 Å². The predicted molar refractivity (Wildman–Crippen MR) is 104 cm³/mol. The number of aromatic nitrogens is 3. The zero-order valence-electron chi connectivity index (χ0n) is 14.7. The van der Waals surface area contributed by atoms with Gasteiger partial charge in [0.2, 0.25) is 4.96 Å².